The van der Waals surface area contributed by atoms with Crippen LogP contribution in [-0.2, 0) is 6.18 Å². The Morgan fingerprint density at radius 1 is 1.35 bits per heavy atom. The lowest BCUT2D eigenvalue weighted by Crippen LogP contribution is -2.07. The highest BCUT2D eigenvalue weighted by Crippen LogP contribution is 2.34. The van der Waals surface area contributed by atoms with Crippen molar-refractivity contribution in [2.45, 2.75) is 6.18 Å². The number of halogens is 3. The molecule has 0 bridgehead atoms. The lowest BCUT2D eigenvalue weighted by Gasteiger charge is -2.12. The molecule has 0 aliphatic heterocycles. The predicted octanol–water partition coefficient (Wildman–Crippen LogP) is 3.45. The number of methoxy groups -OCH3 is 1. The van der Waals surface area contributed by atoms with Gasteiger partial charge < -0.3 is 4.74 Å². The summed E-state index contributed by atoms with van der Waals surface area (Å²) >= 11 is 1.35. The average molecular weight is 263 g/mol. The summed E-state index contributed by atoms with van der Waals surface area (Å²) in [5.41, 5.74) is -0.162. The van der Waals surface area contributed by atoms with E-state index in [1.807, 2.05) is 0 Å². The second-order valence-electron chi connectivity index (χ2n) is 3.15. The Labute approximate surface area is 102 Å². The van der Waals surface area contributed by atoms with Crippen molar-refractivity contribution in [3.63, 3.8) is 0 Å². The zero-order valence-electron chi connectivity index (χ0n) is 9.63. The molecule has 0 saturated heterocycles. The number of benzene rings is 1. The first kappa shape index (κ1) is 13.9. The van der Waals surface area contributed by atoms with E-state index >= 15 is 0 Å². The number of nitrogens with zero attached hydrogens (tertiary/aromatic N) is 1. The molecule has 1 rings (SSSR count). The van der Waals surface area contributed by atoms with E-state index in [9.17, 15) is 13.2 Å². The number of alkyl halides is 3. The van der Waals surface area contributed by atoms with Crippen LogP contribution in [0.2, 0.25) is 0 Å². The predicted molar refractivity (Wildman–Crippen MR) is 64.0 cm³/mol. The van der Waals surface area contributed by atoms with Crippen molar-refractivity contribution in [2.75, 3.05) is 20.4 Å². The van der Waals surface area contributed by atoms with Gasteiger partial charge in [0.05, 0.1) is 12.7 Å². The molecule has 0 heterocycles. The molecule has 0 radical (unpaired) electrons. The normalized spacial score (nSPS) is 12.7. The van der Waals surface area contributed by atoms with Crippen molar-refractivity contribution in [3.05, 3.63) is 29.3 Å². The SMILES string of the molecule is CN=C(SC)c1ccc(C(F)(F)F)cc1OC. The first-order chi connectivity index (χ1) is 7.93. The fraction of sp³-hybridized carbons (Fsp3) is 0.364. The minimum atomic E-state index is -4.37. The first-order valence-electron chi connectivity index (χ1n) is 4.70. The van der Waals surface area contributed by atoms with Gasteiger partial charge in [-0.1, -0.05) is 0 Å². The average Bonchev–Trinajstić information content (AvgIpc) is 2.29. The quantitative estimate of drug-likeness (QED) is 0.602. The zero-order valence-corrected chi connectivity index (χ0v) is 10.4. The minimum Gasteiger partial charge on any atom is -0.496 e. The maximum Gasteiger partial charge on any atom is 0.416 e. The van der Waals surface area contributed by atoms with Crippen molar-refractivity contribution in [3.8, 4) is 5.75 Å². The van der Waals surface area contributed by atoms with E-state index in [1.54, 1.807) is 13.3 Å². The van der Waals surface area contributed by atoms with Gasteiger partial charge in [-0.15, -0.1) is 11.8 Å². The number of hydrogen-bond donors (Lipinski definition) is 0. The number of hydrogen-bond acceptors (Lipinski definition) is 3. The molecule has 0 saturated carbocycles. The first-order valence-corrected chi connectivity index (χ1v) is 5.93. The fourth-order valence-corrected chi connectivity index (χ4v) is 1.94. The van der Waals surface area contributed by atoms with E-state index < -0.39 is 11.7 Å². The van der Waals surface area contributed by atoms with Crippen molar-refractivity contribution >= 4 is 16.8 Å². The third-order valence-corrected chi connectivity index (χ3v) is 2.94. The third kappa shape index (κ3) is 3.15. The molecule has 0 spiro atoms. The molecule has 2 nitrogen and oxygen atoms in total. The number of aliphatic imine (C=N–C) groups is 1. The Kier molecular flexibility index (Phi) is 4.45. The van der Waals surface area contributed by atoms with Gasteiger partial charge in [0.25, 0.3) is 0 Å². The highest BCUT2D eigenvalue weighted by Gasteiger charge is 2.31. The smallest absolute Gasteiger partial charge is 0.416 e. The molecule has 94 valence electrons. The van der Waals surface area contributed by atoms with Gasteiger partial charge >= 0.3 is 6.18 Å². The highest BCUT2D eigenvalue weighted by molar-refractivity contribution is 8.13. The standard InChI is InChI=1S/C11H12F3NOS/c1-15-10(17-3)8-5-4-7(11(12,13)14)6-9(8)16-2/h4-6H,1-3H3. The molecular formula is C11H12F3NOS. The largest absolute Gasteiger partial charge is 0.496 e. The van der Waals surface area contributed by atoms with Crippen LogP contribution in [0, 0.1) is 0 Å². The van der Waals surface area contributed by atoms with Crippen LogP contribution in [0.25, 0.3) is 0 Å². The van der Waals surface area contributed by atoms with Crippen molar-refractivity contribution in [2.24, 2.45) is 4.99 Å². The Bertz CT molecular complexity index is 429. The molecule has 0 atom stereocenters. The van der Waals surface area contributed by atoms with Gasteiger partial charge in [-0.2, -0.15) is 13.2 Å². The van der Waals surface area contributed by atoms with E-state index in [0.717, 1.165) is 12.1 Å². The van der Waals surface area contributed by atoms with E-state index in [4.69, 9.17) is 4.74 Å². The summed E-state index contributed by atoms with van der Waals surface area (Å²) < 4.78 is 42.5. The third-order valence-electron chi connectivity index (χ3n) is 2.16. The van der Waals surface area contributed by atoms with Gasteiger partial charge in [0, 0.05) is 12.6 Å². The molecule has 0 N–H and O–H groups in total. The summed E-state index contributed by atoms with van der Waals surface area (Å²) in [5, 5.41) is 0.635. The van der Waals surface area contributed by atoms with E-state index in [1.165, 1.54) is 24.9 Å². The van der Waals surface area contributed by atoms with Crippen LogP contribution in [0.3, 0.4) is 0 Å². The summed E-state index contributed by atoms with van der Waals surface area (Å²) in [7, 11) is 2.93. The number of rotatable bonds is 2. The summed E-state index contributed by atoms with van der Waals surface area (Å²) in [6, 6.07) is 3.39. The van der Waals surface area contributed by atoms with Crippen LogP contribution in [0.4, 0.5) is 13.2 Å². The fourth-order valence-electron chi connectivity index (χ4n) is 1.37. The molecular weight excluding hydrogens is 251 g/mol. The molecule has 6 heteroatoms. The lowest BCUT2D eigenvalue weighted by atomic mass is 10.1. The molecule has 0 unspecified atom stereocenters. The number of ether oxygens (including phenoxy) is 1. The molecule has 0 amide bonds. The van der Waals surface area contributed by atoms with Crippen LogP contribution in [-0.4, -0.2) is 25.5 Å². The lowest BCUT2D eigenvalue weighted by molar-refractivity contribution is -0.137. The molecule has 1 aromatic carbocycles. The monoisotopic (exact) mass is 263 g/mol. The Morgan fingerprint density at radius 2 is 2.00 bits per heavy atom. The van der Waals surface area contributed by atoms with Crippen LogP contribution < -0.4 is 4.74 Å². The second kappa shape index (κ2) is 5.44. The molecule has 0 aromatic heterocycles. The second-order valence-corrected chi connectivity index (χ2v) is 3.94. The Morgan fingerprint density at radius 3 is 2.41 bits per heavy atom. The van der Waals surface area contributed by atoms with Gasteiger partial charge in [0.1, 0.15) is 10.8 Å². The van der Waals surface area contributed by atoms with Gasteiger partial charge in [-0.05, 0) is 24.5 Å². The topological polar surface area (TPSA) is 21.6 Å². The molecule has 0 aliphatic rings. The van der Waals surface area contributed by atoms with Gasteiger partial charge in [-0.25, -0.2) is 0 Å². The Balaban J connectivity index is 3.28. The van der Waals surface area contributed by atoms with Crippen LogP contribution in [0.15, 0.2) is 23.2 Å². The van der Waals surface area contributed by atoms with Gasteiger partial charge in [0.2, 0.25) is 0 Å². The van der Waals surface area contributed by atoms with Crippen LogP contribution >= 0.6 is 11.8 Å². The van der Waals surface area contributed by atoms with Crippen LogP contribution in [0.5, 0.6) is 5.75 Å². The van der Waals surface area contributed by atoms with Gasteiger partial charge in [0.15, 0.2) is 0 Å². The molecule has 1 aromatic rings. The van der Waals surface area contributed by atoms with E-state index in [2.05, 4.69) is 4.99 Å². The number of thioether (sulfide) groups is 1. The molecule has 0 aliphatic carbocycles. The maximum absolute atomic E-state index is 12.5. The van der Waals surface area contributed by atoms with Gasteiger partial charge in [-0.3, -0.25) is 4.99 Å². The summed E-state index contributed by atoms with van der Waals surface area (Å²) in [6.07, 6.45) is -2.56. The van der Waals surface area contributed by atoms with Crippen molar-refractivity contribution < 1.29 is 17.9 Å². The van der Waals surface area contributed by atoms with E-state index in [0.29, 0.717) is 10.6 Å². The van der Waals surface area contributed by atoms with Crippen molar-refractivity contribution in [1.29, 1.82) is 0 Å². The molecule has 0 fully saturated rings. The zero-order chi connectivity index (χ0) is 13.1. The summed E-state index contributed by atoms with van der Waals surface area (Å²) in [4.78, 5) is 4.00. The maximum atomic E-state index is 12.5. The Hall–Kier alpha value is -1.17. The van der Waals surface area contributed by atoms with Crippen molar-refractivity contribution in [1.82, 2.24) is 0 Å². The summed E-state index contributed by atoms with van der Waals surface area (Å²) in [5.74, 6) is 0.176. The minimum absolute atomic E-state index is 0.176. The highest BCUT2D eigenvalue weighted by atomic mass is 32.2. The summed E-state index contributed by atoms with van der Waals surface area (Å²) in [6.45, 7) is 0. The van der Waals surface area contributed by atoms with Crippen LogP contribution in [0.1, 0.15) is 11.1 Å². The van der Waals surface area contributed by atoms with E-state index in [-0.39, 0.29) is 5.75 Å². The molecule has 17 heavy (non-hydrogen) atoms.